The van der Waals surface area contributed by atoms with E-state index in [1.165, 1.54) is 5.69 Å². The smallest absolute Gasteiger partial charge is 0.264 e. The Kier molecular flexibility index (Phi) is 3.64. The van der Waals surface area contributed by atoms with Gasteiger partial charge in [0.25, 0.3) is 5.56 Å². The molecular formula is C16H18N4O. The van der Waals surface area contributed by atoms with Gasteiger partial charge in [-0.3, -0.25) is 15.0 Å². The van der Waals surface area contributed by atoms with Crippen LogP contribution in [0, 0.1) is 0 Å². The molecule has 0 radical (unpaired) electrons. The van der Waals surface area contributed by atoms with Gasteiger partial charge in [0, 0.05) is 30.2 Å². The molecule has 0 aliphatic carbocycles. The lowest BCUT2D eigenvalue weighted by Crippen LogP contribution is -2.05. The molecular weight excluding hydrogens is 264 g/mol. The van der Waals surface area contributed by atoms with Gasteiger partial charge in [-0.1, -0.05) is 12.1 Å². The van der Waals surface area contributed by atoms with E-state index in [0.717, 1.165) is 30.0 Å². The minimum absolute atomic E-state index is 0.118. The summed E-state index contributed by atoms with van der Waals surface area (Å²) in [5.74, 6) is 0. The monoisotopic (exact) mass is 282 g/mol. The van der Waals surface area contributed by atoms with Gasteiger partial charge in [-0.25, -0.2) is 0 Å². The molecule has 0 amide bonds. The molecule has 3 rings (SSSR count). The van der Waals surface area contributed by atoms with Gasteiger partial charge in [-0.15, -0.1) is 0 Å². The van der Waals surface area contributed by atoms with Gasteiger partial charge in [0.15, 0.2) is 0 Å². The van der Waals surface area contributed by atoms with Crippen molar-refractivity contribution in [1.29, 1.82) is 0 Å². The van der Waals surface area contributed by atoms with Crippen molar-refractivity contribution in [3.8, 4) is 11.3 Å². The van der Waals surface area contributed by atoms with Gasteiger partial charge in [0.1, 0.15) is 0 Å². The number of benzene rings is 1. The molecule has 0 bridgehead atoms. The summed E-state index contributed by atoms with van der Waals surface area (Å²) in [6.45, 7) is 3.90. The van der Waals surface area contributed by atoms with Gasteiger partial charge in [0.05, 0.1) is 12.2 Å². The van der Waals surface area contributed by atoms with Crippen LogP contribution in [0.4, 0.5) is 5.69 Å². The number of aryl methyl sites for hydroxylation is 1. The molecule has 2 heterocycles. The Bertz CT molecular complexity index is 764. The molecule has 108 valence electrons. The molecule has 0 aliphatic rings. The minimum Gasteiger partial charge on any atom is -0.379 e. The average Bonchev–Trinajstić information content (AvgIpc) is 3.14. The van der Waals surface area contributed by atoms with E-state index in [9.17, 15) is 4.79 Å². The van der Waals surface area contributed by atoms with E-state index in [4.69, 9.17) is 0 Å². The van der Waals surface area contributed by atoms with Crippen molar-refractivity contribution in [1.82, 2.24) is 14.8 Å². The second kappa shape index (κ2) is 5.75. The van der Waals surface area contributed by atoms with Crippen LogP contribution >= 0.6 is 0 Å². The highest BCUT2D eigenvalue weighted by Crippen LogP contribution is 2.18. The first-order valence-electron chi connectivity index (χ1n) is 7.02. The molecule has 1 aromatic carbocycles. The summed E-state index contributed by atoms with van der Waals surface area (Å²) in [5, 5.41) is 8.79. The molecule has 0 saturated heterocycles. The Hall–Kier alpha value is -2.69. The molecule has 0 spiro atoms. The normalized spacial score (nSPS) is 10.7. The van der Waals surface area contributed by atoms with Crippen LogP contribution in [0.2, 0.25) is 0 Å². The Morgan fingerprint density at radius 1 is 1.14 bits per heavy atom. The molecule has 0 unspecified atom stereocenters. The number of aromatic amines is 2. The lowest BCUT2D eigenvalue weighted by Gasteiger charge is -2.09. The molecule has 2 aromatic heterocycles. The molecule has 0 atom stereocenters. The van der Waals surface area contributed by atoms with Crippen LogP contribution in [0.5, 0.6) is 0 Å². The minimum atomic E-state index is -0.118. The fourth-order valence-corrected chi connectivity index (χ4v) is 2.37. The lowest BCUT2D eigenvalue weighted by atomic mass is 10.1. The van der Waals surface area contributed by atoms with Crippen LogP contribution in [0.15, 0.2) is 53.5 Å². The van der Waals surface area contributed by atoms with Crippen LogP contribution in [-0.4, -0.2) is 14.8 Å². The summed E-state index contributed by atoms with van der Waals surface area (Å²) in [6, 6.07) is 13.7. The van der Waals surface area contributed by atoms with Crippen LogP contribution in [0.25, 0.3) is 11.3 Å². The predicted molar refractivity (Wildman–Crippen MR) is 84.3 cm³/mol. The first-order chi connectivity index (χ1) is 10.3. The maximum atomic E-state index is 11.1. The standard InChI is InChI=1S/C16H18N4O/c1-2-20-9-3-4-14(20)11-17-13-7-5-12(6-8-13)15-10-16(21)19-18-15/h3-10,17H,2,11H2,1H3,(H2,18,19,21). The molecule has 3 N–H and O–H groups in total. The first kappa shape index (κ1) is 13.3. The molecule has 21 heavy (non-hydrogen) atoms. The first-order valence-corrected chi connectivity index (χ1v) is 7.02. The zero-order valence-electron chi connectivity index (χ0n) is 11.9. The number of hydrogen-bond donors (Lipinski definition) is 3. The number of H-pyrrole nitrogens is 2. The van der Waals surface area contributed by atoms with Gasteiger partial charge >= 0.3 is 0 Å². The van der Waals surface area contributed by atoms with E-state index in [-0.39, 0.29) is 5.56 Å². The number of rotatable bonds is 5. The van der Waals surface area contributed by atoms with Gasteiger partial charge in [-0.2, -0.15) is 0 Å². The van der Waals surface area contributed by atoms with Crippen molar-refractivity contribution in [3.05, 3.63) is 64.7 Å². The SMILES string of the molecule is CCn1cccc1CNc1ccc(-c2cc(=O)[nH][nH]2)cc1. The van der Waals surface area contributed by atoms with E-state index >= 15 is 0 Å². The molecule has 5 heteroatoms. The van der Waals surface area contributed by atoms with E-state index in [2.05, 4.69) is 45.3 Å². The third-order valence-electron chi connectivity index (χ3n) is 3.53. The summed E-state index contributed by atoms with van der Waals surface area (Å²) < 4.78 is 2.21. The van der Waals surface area contributed by atoms with Gasteiger partial charge in [0.2, 0.25) is 0 Å². The summed E-state index contributed by atoms with van der Waals surface area (Å²) in [7, 11) is 0. The predicted octanol–water partition coefficient (Wildman–Crippen LogP) is 2.80. The van der Waals surface area contributed by atoms with Crippen molar-refractivity contribution in [2.45, 2.75) is 20.0 Å². The number of nitrogens with zero attached hydrogens (tertiary/aromatic N) is 1. The highest BCUT2D eigenvalue weighted by atomic mass is 16.1. The molecule has 0 aliphatic heterocycles. The summed E-state index contributed by atoms with van der Waals surface area (Å²) in [6.07, 6.45) is 2.09. The average molecular weight is 282 g/mol. The second-order valence-electron chi connectivity index (χ2n) is 4.89. The summed E-state index contributed by atoms with van der Waals surface area (Å²) >= 11 is 0. The van der Waals surface area contributed by atoms with Gasteiger partial charge < -0.3 is 9.88 Å². The van der Waals surface area contributed by atoms with Crippen molar-refractivity contribution in [3.63, 3.8) is 0 Å². The zero-order valence-corrected chi connectivity index (χ0v) is 11.9. The number of nitrogens with one attached hydrogen (secondary N) is 3. The molecule has 5 nitrogen and oxygen atoms in total. The molecule has 0 saturated carbocycles. The van der Waals surface area contributed by atoms with Crippen LogP contribution in [0.1, 0.15) is 12.6 Å². The zero-order chi connectivity index (χ0) is 14.7. The Balaban J connectivity index is 1.69. The largest absolute Gasteiger partial charge is 0.379 e. The molecule has 3 aromatic rings. The number of hydrogen-bond acceptors (Lipinski definition) is 2. The van der Waals surface area contributed by atoms with Crippen molar-refractivity contribution >= 4 is 5.69 Å². The lowest BCUT2D eigenvalue weighted by molar-refractivity contribution is 0.724. The Labute approximate surface area is 122 Å². The third kappa shape index (κ3) is 2.91. The van der Waals surface area contributed by atoms with Crippen molar-refractivity contribution in [2.75, 3.05) is 5.32 Å². The summed E-state index contributed by atoms with van der Waals surface area (Å²) in [4.78, 5) is 11.1. The van der Waals surface area contributed by atoms with Crippen LogP contribution < -0.4 is 10.9 Å². The fraction of sp³-hybridized carbons (Fsp3) is 0.188. The van der Waals surface area contributed by atoms with Crippen molar-refractivity contribution < 1.29 is 0 Å². The van der Waals surface area contributed by atoms with E-state index in [1.807, 2.05) is 24.3 Å². The second-order valence-corrected chi connectivity index (χ2v) is 4.89. The highest BCUT2D eigenvalue weighted by Gasteiger charge is 2.02. The Morgan fingerprint density at radius 2 is 1.95 bits per heavy atom. The number of anilines is 1. The highest BCUT2D eigenvalue weighted by molar-refractivity contribution is 5.62. The van der Waals surface area contributed by atoms with E-state index in [1.54, 1.807) is 6.07 Å². The van der Waals surface area contributed by atoms with Gasteiger partial charge in [-0.05, 0) is 36.8 Å². The summed E-state index contributed by atoms with van der Waals surface area (Å²) in [5.41, 5.74) is 3.98. The van der Waals surface area contributed by atoms with Crippen LogP contribution in [-0.2, 0) is 13.1 Å². The Morgan fingerprint density at radius 3 is 2.62 bits per heavy atom. The maximum absolute atomic E-state index is 11.1. The van der Waals surface area contributed by atoms with E-state index in [0.29, 0.717) is 0 Å². The topological polar surface area (TPSA) is 65.6 Å². The van der Waals surface area contributed by atoms with Crippen LogP contribution in [0.3, 0.4) is 0 Å². The fourth-order valence-electron chi connectivity index (χ4n) is 2.37. The third-order valence-corrected chi connectivity index (χ3v) is 3.53. The molecule has 0 fully saturated rings. The van der Waals surface area contributed by atoms with E-state index < -0.39 is 0 Å². The quantitative estimate of drug-likeness (QED) is 0.673. The number of aromatic nitrogens is 3. The van der Waals surface area contributed by atoms with Crippen molar-refractivity contribution in [2.24, 2.45) is 0 Å². The maximum Gasteiger partial charge on any atom is 0.264 e.